The highest BCUT2D eigenvalue weighted by Gasteiger charge is 2.24. The second kappa shape index (κ2) is 6.89. The SMILES string of the molecule is CC(OCN1CCCCC1=O)N1CCCCCC1=O. The molecule has 1 atom stereocenters. The molecule has 0 aromatic heterocycles. The molecule has 0 N–H and O–H groups in total. The van der Waals surface area contributed by atoms with E-state index in [1.165, 1.54) is 0 Å². The molecule has 108 valence electrons. The zero-order valence-corrected chi connectivity index (χ0v) is 11.8. The molecule has 2 rings (SSSR count). The average Bonchev–Trinajstić information content (AvgIpc) is 2.62. The maximum Gasteiger partial charge on any atom is 0.224 e. The quantitative estimate of drug-likeness (QED) is 0.780. The molecule has 0 spiro atoms. The van der Waals surface area contributed by atoms with Crippen LogP contribution < -0.4 is 0 Å². The van der Waals surface area contributed by atoms with Crippen molar-refractivity contribution in [3.05, 3.63) is 0 Å². The second-order valence-electron chi connectivity index (χ2n) is 5.41. The van der Waals surface area contributed by atoms with Crippen molar-refractivity contribution >= 4 is 11.8 Å². The van der Waals surface area contributed by atoms with Gasteiger partial charge < -0.3 is 14.5 Å². The van der Waals surface area contributed by atoms with Gasteiger partial charge in [0.2, 0.25) is 11.8 Å². The van der Waals surface area contributed by atoms with Crippen molar-refractivity contribution < 1.29 is 14.3 Å². The highest BCUT2D eigenvalue weighted by atomic mass is 16.5. The van der Waals surface area contributed by atoms with Gasteiger partial charge in [-0.15, -0.1) is 0 Å². The molecule has 1 unspecified atom stereocenters. The molecule has 2 aliphatic rings. The zero-order valence-electron chi connectivity index (χ0n) is 11.8. The van der Waals surface area contributed by atoms with E-state index in [1.54, 1.807) is 9.80 Å². The molecule has 0 aromatic rings. The Bertz CT molecular complexity index is 333. The van der Waals surface area contributed by atoms with E-state index in [-0.39, 0.29) is 18.0 Å². The Morgan fingerprint density at radius 1 is 1.00 bits per heavy atom. The first kappa shape index (κ1) is 14.3. The Labute approximate surface area is 114 Å². The van der Waals surface area contributed by atoms with Crippen molar-refractivity contribution in [3.63, 3.8) is 0 Å². The number of piperidine rings is 1. The molecule has 2 saturated heterocycles. The highest BCUT2D eigenvalue weighted by Crippen LogP contribution is 2.16. The predicted molar refractivity (Wildman–Crippen MR) is 71.2 cm³/mol. The van der Waals surface area contributed by atoms with Crippen molar-refractivity contribution in [2.24, 2.45) is 0 Å². The number of hydrogen-bond donors (Lipinski definition) is 0. The summed E-state index contributed by atoms with van der Waals surface area (Å²) in [4.78, 5) is 27.2. The summed E-state index contributed by atoms with van der Waals surface area (Å²) in [5.41, 5.74) is 0. The van der Waals surface area contributed by atoms with E-state index in [9.17, 15) is 9.59 Å². The van der Waals surface area contributed by atoms with Gasteiger partial charge in [0.15, 0.2) is 0 Å². The lowest BCUT2D eigenvalue weighted by Crippen LogP contribution is -2.44. The summed E-state index contributed by atoms with van der Waals surface area (Å²) in [6.07, 6.45) is 6.17. The maximum atomic E-state index is 11.9. The molecule has 0 bridgehead atoms. The minimum Gasteiger partial charge on any atom is -0.338 e. The van der Waals surface area contributed by atoms with E-state index in [1.807, 2.05) is 6.92 Å². The average molecular weight is 268 g/mol. The van der Waals surface area contributed by atoms with Crippen LogP contribution in [0.5, 0.6) is 0 Å². The van der Waals surface area contributed by atoms with Crippen LogP contribution in [-0.4, -0.2) is 47.7 Å². The Hall–Kier alpha value is -1.10. The van der Waals surface area contributed by atoms with Gasteiger partial charge in [-0.1, -0.05) is 6.42 Å². The lowest BCUT2D eigenvalue weighted by atomic mass is 10.1. The Balaban J connectivity index is 1.80. The van der Waals surface area contributed by atoms with Crippen molar-refractivity contribution in [2.45, 2.75) is 58.1 Å². The molecule has 2 heterocycles. The first-order valence-corrected chi connectivity index (χ1v) is 7.37. The Kier molecular flexibility index (Phi) is 5.19. The molecule has 0 saturated carbocycles. The smallest absolute Gasteiger partial charge is 0.224 e. The number of nitrogens with zero attached hydrogens (tertiary/aromatic N) is 2. The van der Waals surface area contributed by atoms with Gasteiger partial charge in [-0.3, -0.25) is 9.59 Å². The van der Waals surface area contributed by atoms with Crippen molar-refractivity contribution in [2.75, 3.05) is 19.8 Å². The van der Waals surface area contributed by atoms with Crippen LogP contribution in [0.15, 0.2) is 0 Å². The van der Waals surface area contributed by atoms with Crippen molar-refractivity contribution in [1.29, 1.82) is 0 Å². The van der Waals surface area contributed by atoms with Gasteiger partial charge in [0.25, 0.3) is 0 Å². The van der Waals surface area contributed by atoms with Gasteiger partial charge in [0.05, 0.1) is 0 Å². The number of rotatable bonds is 4. The first-order valence-electron chi connectivity index (χ1n) is 7.37. The van der Waals surface area contributed by atoms with Crippen molar-refractivity contribution in [1.82, 2.24) is 9.80 Å². The van der Waals surface area contributed by atoms with Crippen LogP contribution in [0.25, 0.3) is 0 Å². The van der Waals surface area contributed by atoms with E-state index in [2.05, 4.69) is 0 Å². The van der Waals surface area contributed by atoms with Gasteiger partial charge in [-0.25, -0.2) is 0 Å². The summed E-state index contributed by atoms with van der Waals surface area (Å²) in [5.74, 6) is 0.343. The molecule has 2 fully saturated rings. The summed E-state index contributed by atoms with van der Waals surface area (Å²) < 4.78 is 5.73. The minimum atomic E-state index is -0.236. The van der Waals surface area contributed by atoms with Crippen LogP contribution in [0.1, 0.15) is 51.9 Å². The van der Waals surface area contributed by atoms with Gasteiger partial charge in [0, 0.05) is 25.9 Å². The number of carbonyl (C=O) groups excluding carboxylic acids is 2. The van der Waals surface area contributed by atoms with E-state index in [0.29, 0.717) is 19.6 Å². The van der Waals surface area contributed by atoms with Crippen LogP contribution >= 0.6 is 0 Å². The van der Waals surface area contributed by atoms with Crippen LogP contribution in [-0.2, 0) is 14.3 Å². The number of likely N-dealkylation sites (tertiary alicyclic amines) is 2. The summed E-state index contributed by atoms with van der Waals surface area (Å²) in [6.45, 7) is 3.76. The maximum absolute atomic E-state index is 11.9. The molecule has 5 nitrogen and oxygen atoms in total. The van der Waals surface area contributed by atoms with E-state index < -0.39 is 0 Å². The molecular weight excluding hydrogens is 244 g/mol. The molecule has 2 aliphatic heterocycles. The lowest BCUT2D eigenvalue weighted by Gasteiger charge is -2.32. The van der Waals surface area contributed by atoms with E-state index in [0.717, 1.165) is 45.2 Å². The minimum absolute atomic E-state index is 0.167. The Morgan fingerprint density at radius 2 is 1.68 bits per heavy atom. The van der Waals surface area contributed by atoms with E-state index >= 15 is 0 Å². The third-order valence-corrected chi connectivity index (χ3v) is 3.94. The number of carbonyl (C=O) groups is 2. The van der Waals surface area contributed by atoms with Crippen LogP contribution in [0.4, 0.5) is 0 Å². The molecule has 0 aromatic carbocycles. The largest absolute Gasteiger partial charge is 0.338 e. The van der Waals surface area contributed by atoms with Gasteiger partial charge in [-0.05, 0) is 32.6 Å². The third kappa shape index (κ3) is 3.93. The van der Waals surface area contributed by atoms with E-state index in [4.69, 9.17) is 4.74 Å². The summed E-state index contributed by atoms with van der Waals surface area (Å²) in [7, 11) is 0. The molecule has 5 heteroatoms. The molecule has 19 heavy (non-hydrogen) atoms. The standard InChI is InChI=1S/C14H24N2O3/c1-12(16-10-5-2-3-8-14(16)18)19-11-15-9-6-4-7-13(15)17/h12H,2-11H2,1H3. The van der Waals surface area contributed by atoms with Gasteiger partial charge in [0.1, 0.15) is 13.0 Å². The molecule has 0 radical (unpaired) electrons. The van der Waals surface area contributed by atoms with Gasteiger partial charge in [-0.2, -0.15) is 0 Å². The highest BCUT2D eigenvalue weighted by molar-refractivity contribution is 5.77. The topological polar surface area (TPSA) is 49.9 Å². The fourth-order valence-corrected chi connectivity index (χ4v) is 2.67. The van der Waals surface area contributed by atoms with Gasteiger partial charge >= 0.3 is 0 Å². The number of amides is 2. The molecular formula is C14H24N2O3. The lowest BCUT2D eigenvalue weighted by molar-refractivity contribution is -0.155. The van der Waals surface area contributed by atoms with Crippen LogP contribution in [0, 0.1) is 0 Å². The normalized spacial score (nSPS) is 23.4. The summed E-state index contributed by atoms with van der Waals surface area (Å²) in [6, 6.07) is 0. The Morgan fingerprint density at radius 3 is 2.47 bits per heavy atom. The molecule has 0 aliphatic carbocycles. The van der Waals surface area contributed by atoms with Crippen LogP contribution in [0.3, 0.4) is 0 Å². The van der Waals surface area contributed by atoms with Crippen molar-refractivity contribution in [3.8, 4) is 0 Å². The monoisotopic (exact) mass is 268 g/mol. The fraction of sp³-hybridized carbons (Fsp3) is 0.857. The first-order chi connectivity index (χ1) is 9.18. The zero-order chi connectivity index (χ0) is 13.7. The third-order valence-electron chi connectivity index (χ3n) is 3.94. The number of ether oxygens (including phenoxy) is 1. The summed E-state index contributed by atoms with van der Waals surface area (Å²) >= 11 is 0. The van der Waals surface area contributed by atoms with Crippen LogP contribution in [0.2, 0.25) is 0 Å². The second-order valence-corrected chi connectivity index (χ2v) is 5.41. The predicted octanol–water partition coefficient (Wildman–Crippen LogP) is 1.72. The summed E-state index contributed by atoms with van der Waals surface area (Å²) in [5, 5.41) is 0. The number of hydrogen-bond acceptors (Lipinski definition) is 3. The molecule has 2 amide bonds. The fourth-order valence-electron chi connectivity index (χ4n) is 2.67.